The summed E-state index contributed by atoms with van der Waals surface area (Å²) in [4.78, 5) is 10.4. The quantitative estimate of drug-likeness (QED) is 0.654. The van der Waals surface area contributed by atoms with E-state index in [2.05, 4.69) is 15.4 Å². The summed E-state index contributed by atoms with van der Waals surface area (Å²) in [6.07, 6.45) is 4.03. The molecular weight excluding hydrogens is 182 g/mol. The molecule has 0 atom stereocenters. The van der Waals surface area contributed by atoms with Gasteiger partial charge in [0, 0.05) is 18.8 Å². The molecule has 0 bridgehead atoms. The van der Waals surface area contributed by atoms with E-state index in [0.29, 0.717) is 17.8 Å². The fourth-order valence-electron chi connectivity index (χ4n) is 1.09. The highest BCUT2D eigenvalue weighted by molar-refractivity contribution is 5.70. The van der Waals surface area contributed by atoms with Gasteiger partial charge in [0.1, 0.15) is 5.69 Å². The van der Waals surface area contributed by atoms with Crippen molar-refractivity contribution in [3.8, 4) is 5.82 Å². The lowest BCUT2D eigenvalue weighted by Gasteiger charge is -1.93. The van der Waals surface area contributed by atoms with Crippen LogP contribution >= 0.6 is 0 Å². The molecular formula is C8H9N5O. The van der Waals surface area contributed by atoms with E-state index in [0.717, 1.165) is 6.54 Å². The third-order valence-electron chi connectivity index (χ3n) is 1.82. The van der Waals surface area contributed by atoms with Crippen LogP contribution in [0.15, 0.2) is 18.5 Å². The summed E-state index contributed by atoms with van der Waals surface area (Å²) in [6.45, 7) is 2.80. The second kappa shape index (κ2) is 3.41. The normalized spacial score (nSPS) is 10.4. The zero-order chi connectivity index (χ0) is 9.97. The van der Waals surface area contributed by atoms with Crippen LogP contribution < -0.4 is 0 Å². The monoisotopic (exact) mass is 191 g/mol. The third kappa shape index (κ3) is 1.41. The number of carbonyl (C=O) groups excluding carboxylic acids is 1. The van der Waals surface area contributed by atoms with Crippen LogP contribution in [0.1, 0.15) is 17.4 Å². The Bertz CT molecular complexity index is 444. The summed E-state index contributed by atoms with van der Waals surface area (Å²) < 4.78 is 3.24. The molecule has 2 heterocycles. The van der Waals surface area contributed by atoms with Gasteiger partial charge in [-0.05, 0) is 6.92 Å². The molecule has 0 N–H and O–H groups in total. The van der Waals surface area contributed by atoms with Crippen molar-refractivity contribution in [2.75, 3.05) is 0 Å². The standard InChI is InChI=1S/C8H9N5O/c1-2-12-4-3-8(10-12)13-5-7(6-14)9-11-13/h3-6H,2H2,1H3. The number of rotatable bonds is 3. The molecule has 0 saturated heterocycles. The predicted octanol–water partition coefficient (Wildman–Crippen LogP) is 0.296. The zero-order valence-electron chi connectivity index (χ0n) is 7.66. The zero-order valence-corrected chi connectivity index (χ0v) is 7.66. The van der Waals surface area contributed by atoms with Crippen molar-refractivity contribution in [2.45, 2.75) is 13.5 Å². The van der Waals surface area contributed by atoms with Crippen molar-refractivity contribution in [2.24, 2.45) is 0 Å². The maximum absolute atomic E-state index is 10.4. The van der Waals surface area contributed by atoms with Gasteiger partial charge in [0.05, 0.1) is 6.20 Å². The molecule has 72 valence electrons. The predicted molar refractivity (Wildman–Crippen MR) is 48.2 cm³/mol. The Labute approximate surface area is 80.1 Å². The summed E-state index contributed by atoms with van der Waals surface area (Å²) in [5, 5.41) is 11.6. The van der Waals surface area contributed by atoms with Gasteiger partial charge < -0.3 is 0 Å². The molecule has 0 aromatic carbocycles. The van der Waals surface area contributed by atoms with Gasteiger partial charge in [0.2, 0.25) is 0 Å². The lowest BCUT2D eigenvalue weighted by Crippen LogP contribution is -1.99. The fourth-order valence-corrected chi connectivity index (χ4v) is 1.09. The first-order valence-electron chi connectivity index (χ1n) is 4.25. The van der Waals surface area contributed by atoms with Crippen LogP contribution in [0.5, 0.6) is 0 Å². The number of hydrogen-bond acceptors (Lipinski definition) is 4. The molecule has 0 radical (unpaired) electrons. The molecule has 14 heavy (non-hydrogen) atoms. The van der Waals surface area contributed by atoms with Crippen LogP contribution in [0.25, 0.3) is 5.82 Å². The molecule has 6 nitrogen and oxygen atoms in total. The van der Waals surface area contributed by atoms with Gasteiger partial charge in [-0.3, -0.25) is 9.48 Å². The van der Waals surface area contributed by atoms with Crippen LogP contribution in [0.3, 0.4) is 0 Å². The van der Waals surface area contributed by atoms with E-state index in [1.165, 1.54) is 10.9 Å². The first-order chi connectivity index (χ1) is 6.83. The van der Waals surface area contributed by atoms with Gasteiger partial charge in [0.15, 0.2) is 12.1 Å². The van der Waals surface area contributed by atoms with E-state index in [1.807, 2.05) is 19.2 Å². The maximum atomic E-state index is 10.4. The Morgan fingerprint density at radius 3 is 3.00 bits per heavy atom. The molecule has 6 heteroatoms. The number of aromatic nitrogens is 5. The average molecular weight is 191 g/mol. The first kappa shape index (κ1) is 8.61. The fraction of sp³-hybridized carbons (Fsp3) is 0.250. The van der Waals surface area contributed by atoms with E-state index in [4.69, 9.17) is 0 Å². The third-order valence-corrected chi connectivity index (χ3v) is 1.82. The molecule has 2 aromatic heterocycles. The molecule has 0 aliphatic rings. The van der Waals surface area contributed by atoms with Crippen molar-refractivity contribution >= 4 is 6.29 Å². The minimum Gasteiger partial charge on any atom is -0.296 e. The second-order valence-electron chi connectivity index (χ2n) is 2.74. The lowest BCUT2D eigenvalue weighted by molar-refractivity contribution is 0.111. The van der Waals surface area contributed by atoms with Crippen LogP contribution in [0.2, 0.25) is 0 Å². The van der Waals surface area contributed by atoms with Crippen molar-refractivity contribution in [3.05, 3.63) is 24.2 Å². The summed E-state index contributed by atoms with van der Waals surface area (Å²) >= 11 is 0. The van der Waals surface area contributed by atoms with E-state index >= 15 is 0 Å². The van der Waals surface area contributed by atoms with Gasteiger partial charge in [0.25, 0.3) is 0 Å². The second-order valence-corrected chi connectivity index (χ2v) is 2.74. The van der Waals surface area contributed by atoms with E-state index in [-0.39, 0.29) is 0 Å². The molecule has 0 spiro atoms. The molecule has 0 fully saturated rings. The Hall–Kier alpha value is -1.98. The van der Waals surface area contributed by atoms with Gasteiger partial charge in [-0.15, -0.1) is 5.10 Å². The Kier molecular flexibility index (Phi) is 2.10. The number of aryl methyl sites for hydroxylation is 1. The highest BCUT2D eigenvalue weighted by Crippen LogP contribution is 2.02. The average Bonchev–Trinajstić information content (AvgIpc) is 2.86. The Morgan fingerprint density at radius 2 is 2.43 bits per heavy atom. The smallest absolute Gasteiger partial charge is 0.176 e. The SMILES string of the molecule is CCn1ccc(-n2cc(C=O)nn2)n1. The summed E-state index contributed by atoms with van der Waals surface area (Å²) in [5.74, 6) is 0.660. The highest BCUT2D eigenvalue weighted by Gasteiger charge is 2.03. The summed E-state index contributed by atoms with van der Waals surface area (Å²) in [6, 6.07) is 1.81. The molecule has 2 aromatic rings. The molecule has 0 unspecified atom stereocenters. The van der Waals surface area contributed by atoms with Crippen molar-refractivity contribution in [1.29, 1.82) is 0 Å². The van der Waals surface area contributed by atoms with Gasteiger partial charge >= 0.3 is 0 Å². The van der Waals surface area contributed by atoms with Crippen molar-refractivity contribution in [3.63, 3.8) is 0 Å². The minimum absolute atomic E-state index is 0.302. The number of nitrogens with zero attached hydrogens (tertiary/aromatic N) is 5. The van der Waals surface area contributed by atoms with E-state index in [1.54, 1.807) is 4.68 Å². The highest BCUT2D eigenvalue weighted by atomic mass is 16.1. The number of carbonyl (C=O) groups is 1. The topological polar surface area (TPSA) is 65.6 Å². The first-order valence-corrected chi connectivity index (χ1v) is 4.25. The van der Waals surface area contributed by atoms with Crippen molar-refractivity contribution < 1.29 is 4.79 Å². The van der Waals surface area contributed by atoms with E-state index in [9.17, 15) is 4.79 Å². The lowest BCUT2D eigenvalue weighted by atomic mass is 10.5. The molecule has 0 amide bonds. The largest absolute Gasteiger partial charge is 0.296 e. The van der Waals surface area contributed by atoms with Crippen molar-refractivity contribution in [1.82, 2.24) is 24.8 Å². The Morgan fingerprint density at radius 1 is 1.57 bits per heavy atom. The maximum Gasteiger partial charge on any atom is 0.176 e. The molecule has 0 saturated carbocycles. The van der Waals surface area contributed by atoms with Gasteiger partial charge in [-0.1, -0.05) is 5.21 Å². The van der Waals surface area contributed by atoms with Crippen LogP contribution in [-0.4, -0.2) is 31.1 Å². The van der Waals surface area contributed by atoms with Crippen LogP contribution in [0, 0.1) is 0 Å². The van der Waals surface area contributed by atoms with Crippen LogP contribution in [-0.2, 0) is 6.54 Å². The van der Waals surface area contributed by atoms with Gasteiger partial charge in [-0.2, -0.15) is 9.78 Å². The Balaban J connectivity index is 2.33. The molecule has 0 aliphatic carbocycles. The van der Waals surface area contributed by atoms with E-state index < -0.39 is 0 Å². The van der Waals surface area contributed by atoms with Crippen LogP contribution in [0.4, 0.5) is 0 Å². The molecule has 0 aliphatic heterocycles. The minimum atomic E-state index is 0.302. The number of hydrogen-bond donors (Lipinski definition) is 0. The summed E-state index contributed by atoms with van der Waals surface area (Å²) in [5.41, 5.74) is 0.302. The van der Waals surface area contributed by atoms with Gasteiger partial charge in [-0.25, -0.2) is 0 Å². The summed E-state index contributed by atoms with van der Waals surface area (Å²) in [7, 11) is 0. The molecule has 2 rings (SSSR count). The number of aldehydes is 1.